The number of nitrogens with zero attached hydrogens (tertiary/aromatic N) is 3. The lowest BCUT2D eigenvalue weighted by molar-refractivity contribution is -0.137. The lowest BCUT2D eigenvalue weighted by atomic mass is 10.0. The van der Waals surface area contributed by atoms with Crippen LogP contribution in [0.15, 0.2) is 24.3 Å². The number of methoxy groups -OCH3 is 1. The van der Waals surface area contributed by atoms with E-state index in [0.29, 0.717) is 56.2 Å². The second kappa shape index (κ2) is 11.9. The quantitative estimate of drug-likeness (QED) is 0.369. The lowest BCUT2D eigenvalue weighted by Crippen LogP contribution is -2.44. The molecule has 2 heterocycles. The maximum Gasteiger partial charge on any atom is 0.416 e. The third kappa shape index (κ3) is 6.40. The Morgan fingerprint density at radius 1 is 1.08 bits per heavy atom. The van der Waals surface area contributed by atoms with Gasteiger partial charge in [-0.1, -0.05) is 0 Å². The van der Waals surface area contributed by atoms with Gasteiger partial charge in [-0.15, -0.1) is 0 Å². The fourth-order valence-corrected chi connectivity index (χ4v) is 4.64. The van der Waals surface area contributed by atoms with Gasteiger partial charge in [-0.25, -0.2) is 4.79 Å². The van der Waals surface area contributed by atoms with Crippen molar-refractivity contribution >= 4 is 17.7 Å². The molecule has 0 unspecified atom stereocenters. The van der Waals surface area contributed by atoms with Gasteiger partial charge in [0.2, 0.25) is 0 Å². The molecule has 37 heavy (non-hydrogen) atoms. The molecule has 8 nitrogen and oxygen atoms in total. The van der Waals surface area contributed by atoms with Crippen LogP contribution in [0.2, 0.25) is 0 Å². The molecule has 1 aliphatic rings. The first-order chi connectivity index (χ1) is 17.5. The van der Waals surface area contributed by atoms with Crippen LogP contribution in [0.5, 0.6) is 0 Å². The van der Waals surface area contributed by atoms with Crippen LogP contribution in [0, 0.1) is 13.8 Å². The molecule has 0 atom stereocenters. The number of carbonyl (C=O) groups is 3. The van der Waals surface area contributed by atoms with E-state index in [1.807, 2.05) is 6.92 Å². The largest absolute Gasteiger partial charge is 0.464 e. The van der Waals surface area contributed by atoms with E-state index >= 15 is 0 Å². The molecule has 1 fully saturated rings. The minimum Gasteiger partial charge on any atom is -0.464 e. The molecule has 0 radical (unpaired) electrons. The summed E-state index contributed by atoms with van der Waals surface area (Å²) < 4.78 is 50.9. The van der Waals surface area contributed by atoms with E-state index in [1.165, 1.54) is 12.0 Å². The number of carbonyl (C=O) groups excluding carboxylic acids is 3. The van der Waals surface area contributed by atoms with Gasteiger partial charge in [-0.3, -0.25) is 14.5 Å². The number of ether oxygens (including phenoxy) is 2. The average Bonchev–Trinajstić information content (AvgIpc) is 3.14. The highest BCUT2D eigenvalue weighted by Crippen LogP contribution is 2.29. The number of alkyl halides is 3. The summed E-state index contributed by atoms with van der Waals surface area (Å²) in [6.45, 7) is 8.53. The van der Waals surface area contributed by atoms with Gasteiger partial charge < -0.3 is 18.9 Å². The van der Waals surface area contributed by atoms with Crippen molar-refractivity contribution < 1.29 is 37.0 Å². The van der Waals surface area contributed by atoms with Gasteiger partial charge in [0.25, 0.3) is 5.91 Å². The van der Waals surface area contributed by atoms with Crippen molar-refractivity contribution in [2.75, 3.05) is 53.0 Å². The Bertz CT molecular complexity index is 1140. The molecule has 0 saturated carbocycles. The normalized spacial score (nSPS) is 14.5. The molecule has 0 aliphatic carbocycles. The highest BCUT2D eigenvalue weighted by atomic mass is 19.4. The molecule has 3 rings (SSSR count). The maximum absolute atomic E-state index is 13.5. The summed E-state index contributed by atoms with van der Waals surface area (Å²) in [6, 6.07) is 3.95. The first kappa shape index (κ1) is 28.4. The van der Waals surface area contributed by atoms with Crippen LogP contribution in [-0.4, -0.2) is 85.1 Å². The third-order valence-corrected chi connectivity index (χ3v) is 6.61. The van der Waals surface area contributed by atoms with E-state index in [1.54, 1.807) is 18.4 Å². The van der Waals surface area contributed by atoms with E-state index in [-0.39, 0.29) is 30.1 Å². The minimum atomic E-state index is -4.52. The zero-order chi connectivity index (χ0) is 27.3. The smallest absolute Gasteiger partial charge is 0.416 e. The molecule has 11 heteroatoms. The fraction of sp³-hybridized carbons (Fsp3) is 0.500. The van der Waals surface area contributed by atoms with Gasteiger partial charge in [-0.2, -0.15) is 13.2 Å². The first-order valence-corrected chi connectivity index (χ1v) is 12.1. The monoisotopic (exact) mass is 523 g/mol. The fourth-order valence-electron chi connectivity index (χ4n) is 4.64. The van der Waals surface area contributed by atoms with Crippen LogP contribution in [0.1, 0.15) is 54.9 Å². The summed E-state index contributed by atoms with van der Waals surface area (Å²) >= 11 is 0. The molecule has 1 saturated heterocycles. The van der Waals surface area contributed by atoms with Gasteiger partial charge in [0.1, 0.15) is 5.69 Å². The van der Waals surface area contributed by atoms with Crippen LogP contribution in [0.25, 0.3) is 0 Å². The summed E-state index contributed by atoms with van der Waals surface area (Å²) in [7, 11) is 1.27. The number of aromatic nitrogens is 1. The zero-order valence-corrected chi connectivity index (χ0v) is 21.5. The molecule has 1 amide bonds. The van der Waals surface area contributed by atoms with Gasteiger partial charge in [0, 0.05) is 49.5 Å². The van der Waals surface area contributed by atoms with Crippen LogP contribution >= 0.6 is 0 Å². The number of halogens is 3. The molecule has 1 aromatic carbocycles. The van der Waals surface area contributed by atoms with E-state index in [9.17, 15) is 27.6 Å². The van der Waals surface area contributed by atoms with E-state index < -0.39 is 23.6 Å². The summed E-state index contributed by atoms with van der Waals surface area (Å²) in [5.74, 6) is -1.48. The second-order valence-corrected chi connectivity index (χ2v) is 8.85. The summed E-state index contributed by atoms with van der Waals surface area (Å²) in [6.07, 6.45) is -4.52. The molecule has 1 aromatic heterocycles. The number of rotatable bonds is 9. The second-order valence-electron chi connectivity index (χ2n) is 8.85. The number of esters is 1. The Kier molecular flexibility index (Phi) is 9.14. The average molecular weight is 524 g/mol. The predicted molar refractivity (Wildman–Crippen MR) is 130 cm³/mol. The number of Topliss-reactive ketones (excluding diaryl/α,β-unsaturated/α-hetero) is 1. The Morgan fingerprint density at radius 2 is 1.70 bits per heavy atom. The molecule has 202 valence electrons. The molecule has 0 N–H and O–H groups in total. The third-order valence-electron chi connectivity index (χ3n) is 6.61. The molecule has 2 aromatic rings. The number of hydrogen-bond donors (Lipinski definition) is 0. The standard InChI is InChI=1S/C26H32F3N3O5/c1-5-32-18(3)22(17(2)23(32)25(35)36-4)21(33)16-31(11-10-30-12-14-37-15-13-30)24(34)19-6-8-20(9-7-19)26(27,28)29/h6-9H,5,10-16H2,1-4H3. The van der Waals surface area contributed by atoms with E-state index in [4.69, 9.17) is 9.47 Å². The summed E-state index contributed by atoms with van der Waals surface area (Å²) in [5.41, 5.74) is 0.852. The molecule has 1 aliphatic heterocycles. The van der Waals surface area contributed by atoms with Crippen molar-refractivity contribution in [1.82, 2.24) is 14.4 Å². The van der Waals surface area contributed by atoms with Crippen LogP contribution < -0.4 is 0 Å². The molecule has 0 spiro atoms. The summed E-state index contributed by atoms with van der Waals surface area (Å²) in [5, 5.41) is 0. The Morgan fingerprint density at radius 3 is 2.24 bits per heavy atom. The molecular weight excluding hydrogens is 491 g/mol. The van der Waals surface area contributed by atoms with Crippen LogP contribution in [0.3, 0.4) is 0 Å². The number of morpholine rings is 1. The number of amides is 1. The zero-order valence-electron chi connectivity index (χ0n) is 21.5. The molecule has 0 bridgehead atoms. The van der Waals surface area contributed by atoms with Crippen molar-refractivity contribution in [1.29, 1.82) is 0 Å². The maximum atomic E-state index is 13.5. The first-order valence-electron chi connectivity index (χ1n) is 12.1. The number of ketones is 1. The van der Waals surface area contributed by atoms with E-state index in [2.05, 4.69) is 4.90 Å². The molecular formula is C26H32F3N3O5. The van der Waals surface area contributed by atoms with E-state index in [0.717, 1.165) is 24.3 Å². The highest BCUT2D eigenvalue weighted by molar-refractivity contribution is 6.06. The summed E-state index contributed by atoms with van der Waals surface area (Å²) in [4.78, 5) is 42.7. The van der Waals surface area contributed by atoms with Crippen molar-refractivity contribution in [2.24, 2.45) is 0 Å². The van der Waals surface area contributed by atoms with Crippen molar-refractivity contribution in [3.63, 3.8) is 0 Å². The number of benzene rings is 1. The minimum absolute atomic E-state index is 0.0533. The van der Waals surface area contributed by atoms with Crippen LogP contribution in [0.4, 0.5) is 13.2 Å². The van der Waals surface area contributed by atoms with Crippen molar-refractivity contribution in [3.05, 3.63) is 57.9 Å². The lowest BCUT2D eigenvalue weighted by Gasteiger charge is -2.30. The SMILES string of the molecule is CCn1c(C)c(C(=O)CN(CCN2CCOCC2)C(=O)c2ccc(C(F)(F)F)cc2)c(C)c1C(=O)OC. The van der Waals surface area contributed by atoms with Gasteiger partial charge in [-0.05, 0) is 50.6 Å². The Hall–Kier alpha value is -3.18. The van der Waals surface area contributed by atoms with Crippen molar-refractivity contribution in [3.8, 4) is 0 Å². The predicted octanol–water partition coefficient (Wildman–Crippen LogP) is 3.59. The van der Waals surface area contributed by atoms with Gasteiger partial charge in [0.15, 0.2) is 5.78 Å². The Labute approximate surface area is 213 Å². The van der Waals surface area contributed by atoms with Crippen LogP contribution in [-0.2, 0) is 22.2 Å². The number of hydrogen-bond acceptors (Lipinski definition) is 6. The van der Waals surface area contributed by atoms with Gasteiger partial charge in [0.05, 0.1) is 32.4 Å². The Balaban J connectivity index is 1.90. The van der Waals surface area contributed by atoms with Gasteiger partial charge >= 0.3 is 12.1 Å². The topological polar surface area (TPSA) is 81.1 Å². The highest BCUT2D eigenvalue weighted by Gasteiger charge is 2.31. The van der Waals surface area contributed by atoms with Crippen molar-refractivity contribution in [2.45, 2.75) is 33.5 Å².